The minimum atomic E-state index is -0.254. The van der Waals surface area contributed by atoms with E-state index >= 15 is 0 Å². The molecule has 0 aromatic rings. The number of amides is 1. The van der Waals surface area contributed by atoms with E-state index in [-0.39, 0.29) is 23.9 Å². The first-order chi connectivity index (χ1) is 5.49. The molecule has 0 aliphatic carbocycles. The summed E-state index contributed by atoms with van der Waals surface area (Å²) in [5.74, 6) is -0.254. The Morgan fingerprint density at radius 3 is 2.31 bits per heavy atom. The molecular weight excluding hydrogens is 190 g/mol. The van der Waals surface area contributed by atoms with Crippen molar-refractivity contribution in [3.63, 3.8) is 0 Å². The van der Waals surface area contributed by atoms with Gasteiger partial charge < -0.3 is 11.5 Å². The molecule has 1 saturated heterocycles. The Morgan fingerprint density at radius 2 is 1.92 bits per heavy atom. The van der Waals surface area contributed by atoms with E-state index in [1.165, 1.54) is 0 Å². The summed E-state index contributed by atoms with van der Waals surface area (Å²) in [6.07, 6.45) is 1.89. The summed E-state index contributed by atoms with van der Waals surface area (Å²) in [6, 6.07) is 0. The number of rotatable bonds is 2. The third-order valence-electron chi connectivity index (χ3n) is 2.38. The minimum Gasteiger partial charge on any atom is -0.369 e. The molecule has 5 heteroatoms. The molecule has 0 aromatic heterocycles. The molecule has 0 atom stereocenters. The normalized spacial score (nSPS) is 22.0. The lowest BCUT2D eigenvalue weighted by atomic mass is 9.91. The Balaban J connectivity index is 0.00000144. The second kappa shape index (κ2) is 4.79. The molecule has 1 amide bonds. The van der Waals surface area contributed by atoms with E-state index in [2.05, 4.69) is 11.8 Å². The highest BCUT2D eigenvalue weighted by Gasteiger charge is 2.25. The van der Waals surface area contributed by atoms with Crippen molar-refractivity contribution in [1.29, 1.82) is 0 Å². The molecule has 13 heavy (non-hydrogen) atoms. The number of likely N-dealkylation sites (tertiary alicyclic amines) is 1. The van der Waals surface area contributed by atoms with Crippen molar-refractivity contribution in [2.75, 3.05) is 19.6 Å². The van der Waals surface area contributed by atoms with Crippen molar-refractivity contribution < 1.29 is 4.79 Å². The van der Waals surface area contributed by atoms with Crippen LogP contribution in [0.4, 0.5) is 0 Å². The molecule has 0 unspecified atom stereocenters. The van der Waals surface area contributed by atoms with Crippen LogP contribution in [0.5, 0.6) is 0 Å². The summed E-state index contributed by atoms with van der Waals surface area (Å²) in [6.45, 7) is 4.19. The Hall–Kier alpha value is -0.320. The first-order valence-corrected chi connectivity index (χ1v) is 4.29. The Morgan fingerprint density at radius 1 is 1.46 bits per heavy atom. The minimum absolute atomic E-state index is 0. The topological polar surface area (TPSA) is 72.3 Å². The van der Waals surface area contributed by atoms with Crippen LogP contribution >= 0.6 is 12.4 Å². The zero-order valence-corrected chi connectivity index (χ0v) is 8.77. The van der Waals surface area contributed by atoms with Gasteiger partial charge in [0.2, 0.25) is 5.91 Å². The van der Waals surface area contributed by atoms with Crippen LogP contribution in [-0.2, 0) is 4.79 Å². The number of nitrogens with two attached hydrogens (primary N) is 2. The van der Waals surface area contributed by atoms with Crippen LogP contribution in [0.15, 0.2) is 0 Å². The van der Waals surface area contributed by atoms with Gasteiger partial charge in [-0.1, -0.05) is 0 Å². The highest BCUT2D eigenvalue weighted by Crippen LogP contribution is 2.17. The zero-order valence-electron chi connectivity index (χ0n) is 7.95. The largest absolute Gasteiger partial charge is 0.369 e. The van der Waals surface area contributed by atoms with Crippen LogP contribution in [0, 0.1) is 0 Å². The molecule has 0 aromatic carbocycles. The van der Waals surface area contributed by atoms with E-state index in [1.54, 1.807) is 0 Å². The molecule has 1 heterocycles. The highest BCUT2D eigenvalue weighted by atomic mass is 35.5. The smallest absolute Gasteiger partial charge is 0.231 e. The summed E-state index contributed by atoms with van der Waals surface area (Å²) < 4.78 is 0. The van der Waals surface area contributed by atoms with Crippen LogP contribution in [0.1, 0.15) is 19.8 Å². The van der Waals surface area contributed by atoms with Crippen molar-refractivity contribution in [2.24, 2.45) is 11.5 Å². The van der Waals surface area contributed by atoms with Gasteiger partial charge in [0.25, 0.3) is 0 Å². The van der Waals surface area contributed by atoms with Gasteiger partial charge in [0.15, 0.2) is 0 Å². The Labute approximate surface area is 85.0 Å². The van der Waals surface area contributed by atoms with Gasteiger partial charge in [-0.05, 0) is 19.8 Å². The van der Waals surface area contributed by atoms with Crippen molar-refractivity contribution in [1.82, 2.24) is 4.90 Å². The number of halogens is 1. The summed E-state index contributed by atoms with van der Waals surface area (Å²) in [4.78, 5) is 12.6. The Bertz CT molecular complexity index is 174. The SMILES string of the molecule is CC1(N)CCN(CC(N)=O)CC1.Cl. The Kier molecular flexibility index (Phi) is 4.67. The van der Waals surface area contributed by atoms with Crippen LogP contribution in [0.2, 0.25) is 0 Å². The van der Waals surface area contributed by atoms with Gasteiger partial charge in [-0.25, -0.2) is 0 Å². The molecule has 4 nitrogen and oxygen atoms in total. The molecular formula is C8H18ClN3O. The lowest BCUT2D eigenvalue weighted by Gasteiger charge is -2.35. The molecule has 4 N–H and O–H groups in total. The number of nitrogens with zero attached hydrogens (tertiary/aromatic N) is 1. The van der Waals surface area contributed by atoms with Crippen LogP contribution in [0.3, 0.4) is 0 Å². The zero-order chi connectivity index (χ0) is 9.19. The number of hydrogen-bond donors (Lipinski definition) is 2. The maximum Gasteiger partial charge on any atom is 0.231 e. The van der Waals surface area contributed by atoms with E-state index in [9.17, 15) is 4.79 Å². The first-order valence-electron chi connectivity index (χ1n) is 4.29. The molecule has 1 fully saturated rings. The van der Waals surface area contributed by atoms with Crippen molar-refractivity contribution >= 4 is 18.3 Å². The maximum absolute atomic E-state index is 10.6. The monoisotopic (exact) mass is 207 g/mol. The van der Waals surface area contributed by atoms with E-state index in [0.717, 1.165) is 25.9 Å². The number of carbonyl (C=O) groups is 1. The maximum atomic E-state index is 10.6. The van der Waals surface area contributed by atoms with E-state index < -0.39 is 0 Å². The molecule has 0 bridgehead atoms. The molecule has 0 radical (unpaired) electrons. The van der Waals surface area contributed by atoms with Gasteiger partial charge >= 0.3 is 0 Å². The van der Waals surface area contributed by atoms with Crippen molar-refractivity contribution in [2.45, 2.75) is 25.3 Å². The van der Waals surface area contributed by atoms with E-state index in [0.29, 0.717) is 6.54 Å². The fraction of sp³-hybridized carbons (Fsp3) is 0.875. The predicted octanol–water partition coefficient (Wildman–Crippen LogP) is -0.293. The number of carbonyl (C=O) groups excluding carboxylic acids is 1. The molecule has 1 rings (SSSR count). The summed E-state index contributed by atoms with van der Waals surface area (Å²) in [5, 5.41) is 0. The third kappa shape index (κ3) is 4.45. The third-order valence-corrected chi connectivity index (χ3v) is 2.38. The molecule has 1 aliphatic heterocycles. The van der Waals surface area contributed by atoms with Gasteiger partial charge in [-0.2, -0.15) is 0 Å². The van der Waals surface area contributed by atoms with Crippen molar-refractivity contribution in [3.8, 4) is 0 Å². The predicted molar refractivity (Wildman–Crippen MR) is 54.7 cm³/mol. The van der Waals surface area contributed by atoms with Gasteiger partial charge in [0.1, 0.15) is 0 Å². The first kappa shape index (κ1) is 12.7. The lowest BCUT2D eigenvalue weighted by Crippen LogP contribution is -2.49. The van der Waals surface area contributed by atoms with E-state index in [4.69, 9.17) is 11.5 Å². The van der Waals surface area contributed by atoms with Crippen LogP contribution in [-0.4, -0.2) is 36.0 Å². The van der Waals surface area contributed by atoms with Gasteiger partial charge in [0, 0.05) is 18.6 Å². The molecule has 0 saturated carbocycles. The van der Waals surface area contributed by atoms with Crippen molar-refractivity contribution in [3.05, 3.63) is 0 Å². The fourth-order valence-electron chi connectivity index (χ4n) is 1.44. The second-order valence-corrected chi connectivity index (χ2v) is 3.90. The van der Waals surface area contributed by atoms with Crippen LogP contribution in [0.25, 0.3) is 0 Å². The standard InChI is InChI=1S/C8H17N3O.ClH/c1-8(10)2-4-11(5-3-8)6-7(9)12;/h2-6,10H2,1H3,(H2,9,12);1H. The molecule has 0 spiro atoms. The second-order valence-electron chi connectivity index (χ2n) is 3.90. The number of piperidine rings is 1. The highest BCUT2D eigenvalue weighted by molar-refractivity contribution is 5.85. The molecule has 1 aliphatic rings. The fourth-order valence-corrected chi connectivity index (χ4v) is 1.44. The summed E-state index contributed by atoms with van der Waals surface area (Å²) in [5.41, 5.74) is 11.0. The summed E-state index contributed by atoms with van der Waals surface area (Å²) in [7, 11) is 0. The van der Waals surface area contributed by atoms with Gasteiger partial charge in [-0.3, -0.25) is 9.69 Å². The molecule has 78 valence electrons. The van der Waals surface area contributed by atoms with Crippen LogP contribution < -0.4 is 11.5 Å². The average Bonchev–Trinajstić information content (AvgIpc) is 1.93. The quantitative estimate of drug-likeness (QED) is 0.654. The average molecular weight is 208 g/mol. The van der Waals surface area contributed by atoms with Gasteiger partial charge in [-0.15, -0.1) is 12.4 Å². The summed E-state index contributed by atoms with van der Waals surface area (Å²) >= 11 is 0. The lowest BCUT2D eigenvalue weighted by molar-refractivity contribution is -0.119. The number of primary amides is 1. The van der Waals surface area contributed by atoms with Gasteiger partial charge in [0.05, 0.1) is 6.54 Å². The van der Waals surface area contributed by atoms with E-state index in [1.807, 2.05) is 0 Å². The number of hydrogen-bond acceptors (Lipinski definition) is 3.